The molecule has 0 bridgehead atoms. The standard InChI is InChI=1S/C21H25N3O2/c1-16(23-10-12-26-13-11-23)15-24-20-9-5-8-18(17-6-3-2-4-7-17)19(20)14-22-21(24)25/h2-9,16H,10-15H2,1H3,(H,22,25). The molecule has 5 nitrogen and oxygen atoms in total. The summed E-state index contributed by atoms with van der Waals surface area (Å²) in [6, 6.07) is 16.9. The van der Waals surface area contributed by atoms with Crippen LogP contribution in [-0.2, 0) is 11.3 Å². The van der Waals surface area contributed by atoms with Gasteiger partial charge in [-0.2, -0.15) is 0 Å². The molecule has 2 aliphatic heterocycles. The van der Waals surface area contributed by atoms with E-state index < -0.39 is 0 Å². The minimum atomic E-state index is -0.0113. The molecule has 1 atom stereocenters. The molecule has 2 amide bonds. The van der Waals surface area contributed by atoms with Crippen LogP contribution in [0.1, 0.15) is 12.5 Å². The third-order valence-electron chi connectivity index (χ3n) is 5.30. The van der Waals surface area contributed by atoms with Crippen LogP contribution < -0.4 is 10.2 Å². The van der Waals surface area contributed by atoms with Crippen LogP contribution in [0.2, 0.25) is 0 Å². The van der Waals surface area contributed by atoms with Crippen LogP contribution in [-0.4, -0.2) is 49.8 Å². The number of nitrogens with one attached hydrogen (secondary N) is 1. The zero-order valence-electron chi connectivity index (χ0n) is 15.1. The van der Waals surface area contributed by atoms with E-state index in [9.17, 15) is 4.79 Å². The first-order valence-electron chi connectivity index (χ1n) is 9.28. The first-order valence-corrected chi connectivity index (χ1v) is 9.28. The smallest absolute Gasteiger partial charge is 0.322 e. The second kappa shape index (κ2) is 7.48. The Hall–Kier alpha value is -2.37. The maximum absolute atomic E-state index is 12.6. The highest BCUT2D eigenvalue weighted by Gasteiger charge is 2.29. The fourth-order valence-electron chi connectivity index (χ4n) is 3.85. The normalized spacial score (nSPS) is 19.0. The molecule has 0 aromatic heterocycles. The molecule has 0 saturated carbocycles. The van der Waals surface area contributed by atoms with E-state index in [4.69, 9.17) is 4.74 Å². The molecule has 136 valence electrons. The van der Waals surface area contributed by atoms with E-state index in [1.165, 1.54) is 16.7 Å². The van der Waals surface area contributed by atoms with Crippen molar-refractivity contribution in [2.75, 3.05) is 37.7 Å². The molecule has 0 aliphatic carbocycles. The summed E-state index contributed by atoms with van der Waals surface area (Å²) in [4.78, 5) is 16.9. The summed E-state index contributed by atoms with van der Waals surface area (Å²) >= 11 is 0. The Kier molecular flexibility index (Phi) is 4.91. The molecule has 2 heterocycles. The molecule has 1 unspecified atom stereocenters. The Bertz CT molecular complexity index is 772. The minimum absolute atomic E-state index is 0.0113. The van der Waals surface area contributed by atoms with Crippen molar-refractivity contribution in [2.45, 2.75) is 19.5 Å². The number of urea groups is 1. The van der Waals surface area contributed by atoms with Crippen molar-refractivity contribution in [3.8, 4) is 11.1 Å². The van der Waals surface area contributed by atoms with Crippen LogP contribution >= 0.6 is 0 Å². The number of amides is 2. The maximum Gasteiger partial charge on any atom is 0.322 e. The van der Waals surface area contributed by atoms with E-state index >= 15 is 0 Å². The predicted molar refractivity (Wildman–Crippen MR) is 103 cm³/mol. The summed E-state index contributed by atoms with van der Waals surface area (Å²) in [5, 5.41) is 3.05. The number of ether oxygens (including phenoxy) is 1. The number of carbonyl (C=O) groups excluding carboxylic acids is 1. The molecule has 2 aromatic carbocycles. The summed E-state index contributed by atoms with van der Waals surface area (Å²) < 4.78 is 5.45. The first kappa shape index (κ1) is 17.1. The van der Waals surface area contributed by atoms with Gasteiger partial charge in [0.15, 0.2) is 0 Å². The highest BCUT2D eigenvalue weighted by molar-refractivity contribution is 5.96. The minimum Gasteiger partial charge on any atom is -0.379 e. The molecule has 0 radical (unpaired) electrons. The Labute approximate surface area is 154 Å². The van der Waals surface area contributed by atoms with Gasteiger partial charge >= 0.3 is 6.03 Å². The number of fused-ring (bicyclic) bond motifs is 1. The Balaban J connectivity index is 1.63. The number of rotatable bonds is 4. The van der Waals surface area contributed by atoms with Crippen LogP contribution in [0.4, 0.5) is 10.5 Å². The van der Waals surface area contributed by atoms with Gasteiger partial charge in [0, 0.05) is 37.8 Å². The van der Waals surface area contributed by atoms with Crippen LogP contribution in [0.3, 0.4) is 0 Å². The Morgan fingerprint density at radius 3 is 2.62 bits per heavy atom. The molecule has 1 saturated heterocycles. The number of hydrogen-bond donors (Lipinski definition) is 1. The molecule has 4 rings (SSSR count). The highest BCUT2D eigenvalue weighted by atomic mass is 16.5. The number of nitrogens with zero attached hydrogens (tertiary/aromatic N) is 2. The highest BCUT2D eigenvalue weighted by Crippen LogP contribution is 2.34. The lowest BCUT2D eigenvalue weighted by Gasteiger charge is -2.38. The summed E-state index contributed by atoms with van der Waals surface area (Å²) in [7, 11) is 0. The predicted octanol–water partition coefficient (Wildman–Crippen LogP) is 3.10. The maximum atomic E-state index is 12.6. The van der Waals surface area contributed by atoms with Crippen molar-refractivity contribution in [2.24, 2.45) is 0 Å². The van der Waals surface area contributed by atoms with Crippen LogP contribution in [0, 0.1) is 0 Å². The van der Waals surface area contributed by atoms with E-state index in [0.717, 1.165) is 32.0 Å². The molecule has 5 heteroatoms. The summed E-state index contributed by atoms with van der Waals surface area (Å²) in [6.45, 7) is 6.82. The van der Waals surface area contributed by atoms with E-state index in [-0.39, 0.29) is 12.1 Å². The number of morpholine rings is 1. The lowest BCUT2D eigenvalue weighted by Crippen LogP contribution is -2.52. The van der Waals surface area contributed by atoms with Crippen molar-refractivity contribution >= 4 is 11.7 Å². The molecule has 1 N–H and O–H groups in total. The molecule has 0 spiro atoms. The number of benzene rings is 2. The van der Waals surface area contributed by atoms with Gasteiger partial charge < -0.3 is 10.1 Å². The van der Waals surface area contributed by atoms with Crippen molar-refractivity contribution in [1.82, 2.24) is 10.2 Å². The van der Waals surface area contributed by atoms with Crippen molar-refractivity contribution in [3.05, 3.63) is 54.1 Å². The molecular formula is C21H25N3O2. The second-order valence-corrected chi connectivity index (χ2v) is 6.94. The van der Waals surface area contributed by atoms with Crippen LogP contribution in [0.15, 0.2) is 48.5 Å². The van der Waals surface area contributed by atoms with E-state index in [1.54, 1.807) is 0 Å². The van der Waals surface area contributed by atoms with Crippen molar-refractivity contribution in [1.29, 1.82) is 0 Å². The summed E-state index contributed by atoms with van der Waals surface area (Å²) in [5.74, 6) is 0. The van der Waals surface area contributed by atoms with Crippen LogP contribution in [0.25, 0.3) is 11.1 Å². The Morgan fingerprint density at radius 1 is 1.08 bits per heavy atom. The number of anilines is 1. The van der Waals surface area contributed by atoms with Gasteiger partial charge in [0.25, 0.3) is 0 Å². The first-order chi connectivity index (χ1) is 12.7. The average Bonchev–Trinajstić information content (AvgIpc) is 2.71. The molecule has 1 fully saturated rings. The summed E-state index contributed by atoms with van der Waals surface area (Å²) in [6.07, 6.45) is 0. The lowest BCUT2D eigenvalue weighted by molar-refractivity contribution is 0.0218. The van der Waals surface area contributed by atoms with Gasteiger partial charge in [-0.3, -0.25) is 9.80 Å². The SMILES string of the molecule is CC(CN1C(=O)NCc2c(-c3ccccc3)cccc21)N1CCOCC1. The fourth-order valence-corrected chi connectivity index (χ4v) is 3.85. The van der Waals surface area contributed by atoms with Crippen molar-refractivity contribution in [3.63, 3.8) is 0 Å². The average molecular weight is 351 g/mol. The number of carbonyl (C=O) groups is 1. The Morgan fingerprint density at radius 2 is 1.85 bits per heavy atom. The van der Waals surface area contributed by atoms with Gasteiger partial charge in [-0.25, -0.2) is 4.79 Å². The van der Waals surface area contributed by atoms with Gasteiger partial charge in [-0.05, 0) is 24.1 Å². The zero-order valence-corrected chi connectivity index (χ0v) is 15.1. The molecule has 2 aromatic rings. The van der Waals surface area contributed by atoms with E-state index in [0.29, 0.717) is 13.1 Å². The van der Waals surface area contributed by atoms with Gasteiger partial charge in [-0.1, -0.05) is 42.5 Å². The molecule has 26 heavy (non-hydrogen) atoms. The lowest BCUT2D eigenvalue weighted by atomic mass is 9.96. The third-order valence-corrected chi connectivity index (χ3v) is 5.30. The van der Waals surface area contributed by atoms with Gasteiger partial charge in [0.05, 0.1) is 18.9 Å². The van der Waals surface area contributed by atoms with Gasteiger partial charge in [0.2, 0.25) is 0 Å². The van der Waals surface area contributed by atoms with Gasteiger partial charge in [0.1, 0.15) is 0 Å². The van der Waals surface area contributed by atoms with Gasteiger partial charge in [-0.15, -0.1) is 0 Å². The molecule has 2 aliphatic rings. The fraction of sp³-hybridized carbons (Fsp3) is 0.381. The third kappa shape index (κ3) is 3.32. The second-order valence-electron chi connectivity index (χ2n) is 6.94. The van der Waals surface area contributed by atoms with Crippen molar-refractivity contribution < 1.29 is 9.53 Å². The van der Waals surface area contributed by atoms with E-state index in [2.05, 4.69) is 53.5 Å². The van der Waals surface area contributed by atoms with E-state index in [1.807, 2.05) is 17.0 Å². The molecular weight excluding hydrogens is 326 g/mol. The van der Waals surface area contributed by atoms with Crippen LogP contribution in [0.5, 0.6) is 0 Å². The largest absolute Gasteiger partial charge is 0.379 e. The quantitative estimate of drug-likeness (QED) is 0.921. The monoisotopic (exact) mass is 351 g/mol. The number of hydrogen-bond acceptors (Lipinski definition) is 3. The topological polar surface area (TPSA) is 44.8 Å². The zero-order chi connectivity index (χ0) is 17.9. The summed E-state index contributed by atoms with van der Waals surface area (Å²) in [5.41, 5.74) is 4.58.